The van der Waals surface area contributed by atoms with E-state index in [2.05, 4.69) is 36.8 Å². The number of nitrogens with one attached hydrogen (secondary N) is 3. The molecule has 0 aliphatic rings. The van der Waals surface area contributed by atoms with Gasteiger partial charge in [0.05, 0.1) is 5.39 Å². The maximum absolute atomic E-state index is 12.4. The third-order valence-electron chi connectivity index (χ3n) is 4.02. The Morgan fingerprint density at radius 1 is 1.15 bits per heavy atom. The lowest BCUT2D eigenvalue weighted by Gasteiger charge is -2.10. The average Bonchev–Trinajstić information content (AvgIpc) is 2.65. The molecule has 0 spiro atoms. The Bertz CT molecular complexity index is 1080. The van der Waals surface area contributed by atoms with Crippen molar-refractivity contribution in [2.24, 2.45) is 0 Å². The summed E-state index contributed by atoms with van der Waals surface area (Å²) in [5.74, 6) is -0.662. The Kier molecular flexibility index (Phi) is 5.66. The molecule has 27 heavy (non-hydrogen) atoms. The van der Waals surface area contributed by atoms with E-state index >= 15 is 0 Å². The summed E-state index contributed by atoms with van der Waals surface area (Å²) in [7, 11) is 0. The predicted octanol–water partition coefficient (Wildman–Crippen LogP) is 2.75. The third-order valence-corrected chi connectivity index (χ3v) is 4.52. The highest BCUT2D eigenvalue weighted by Gasteiger charge is 2.14. The van der Waals surface area contributed by atoms with Crippen molar-refractivity contribution in [3.05, 3.63) is 68.5 Å². The van der Waals surface area contributed by atoms with Crippen molar-refractivity contribution in [1.82, 2.24) is 15.5 Å². The molecule has 0 aliphatic heterocycles. The predicted molar refractivity (Wildman–Crippen MR) is 107 cm³/mol. The smallest absolute Gasteiger partial charge is 0.272 e. The van der Waals surface area contributed by atoms with Gasteiger partial charge in [-0.25, -0.2) is 5.10 Å². The summed E-state index contributed by atoms with van der Waals surface area (Å²) in [6.45, 7) is 2.05. The van der Waals surface area contributed by atoms with E-state index in [1.165, 1.54) is 0 Å². The minimum Gasteiger partial charge on any atom is -0.350 e. The molecular weight excluding hydrogens is 412 g/mol. The molecule has 0 saturated carbocycles. The van der Waals surface area contributed by atoms with Crippen LogP contribution < -0.4 is 16.2 Å². The molecule has 8 heteroatoms. The molecule has 1 aromatic heterocycles. The Hall–Kier alpha value is -3.00. The summed E-state index contributed by atoms with van der Waals surface area (Å²) in [5, 5.41) is 12.5. The summed E-state index contributed by atoms with van der Waals surface area (Å²) in [6, 6.07) is 12.3. The van der Waals surface area contributed by atoms with Gasteiger partial charge < -0.3 is 10.6 Å². The standard InChI is InChI=1S/C19H17BrN4O3/c1-11-6-7-12(20)10-15(11)22-16(25)8-9-21-19(27)17-13-4-2-3-5-14(13)18(26)24-23-17/h2-7,10H,8-9H2,1H3,(H,21,27)(H,22,25)(H,24,26). The molecular formula is C19H17BrN4O3. The number of nitrogens with zero attached hydrogens (tertiary/aromatic N) is 1. The van der Waals surface area contributed by atoms with Crippen LogP contribution in [0.15, 0.2) is 51.7 Å². The first kappa shape index (κ1) is 18.8. The van der Waals surface area contributed by atoms with Crippen LogP contribution >= 0.6 is 15.9 Å². The molecule has 3 rings (SSSR count). The Labute approximate surface area is 163 Å². The first-order valence-electron chi connectivity index (χ1n) is 8.27. The molecule has 2 aromatic carbocycles. The quantitative estimate of drug-likeness (QED) is 0.580. The first-order valence-corrected chi connectivity index (χ1v) is 9.06. The van der Waals surface area contributed by atoms with Crippen molar-refractivity contribution in [2.45, 2.75) is 13.3 Å². The number of anilines is 1. The summed E-state index contributed by atoms with van der Waals surface area (Å²) < 4.78 is 0.868. The molecule has 0 radical (unpaired) electrons. The maximum Gasteiger partial charge on any atom is 0.272 e. The maximum atomic E-state index is 12.4. The molecule has 0 aliphatic carbocycles. The fourth-order valence-electron chi connectivity index (χ4n) is 2.60. The van der Waals surface area contributed by atoms with E-state index in [9.17, 15) is 14.4 Å². The lowest BCUT2D eigenvalue weighted by Crippen LogP contribution is -2.29. The van der Waals surface area contributed by atoms with Crippen LogP contribution in [0.25, 0.3) is 10.8 Å². The van der Waals surface area contributed by atoms with Gasteiger partial charge in [0.15, 0.2) is 5.69 Å². The van der Waals surface area contributed by atoms with Crippen molar-refractivity contribution in [1.29, 1.82) is 0 Å². The van der Waals surface area contributed by atoms with Crippen LogP contribution in [-0.4, -0.2) is 28.6 Å². The van der Waals surface area contributed by atoms with Crippen LogP contribution in [0.4, 0.5) is 5.69 Å². The van der Waals surface area contributed by atoms with E-state index in [1.54, 1.807) is 24.3 Å². The van der Waals surface area contributed by atoms with Gasteiger partial charge in [0.2, 0.25) is 5.91 Å². The molecule has 0 unspecified atom stereocenters. The van der Waals surface area contributed by atoms with E-state index in [-0.39, 0.29) is 30.1 Å². The van der Waals surface area contributed by atoms with Gasteiger partial charge in [-0.1, -0.05) is 40.2 Å². The molecule has 0 bridgehead atoms. The highest BCUT2D eigenvalue weighted by molar-refractivity contribution is 9.10. The second-order valence-electron chi connectivity index (χ2n) is 5.96. The van der Waals surface area contributed by atoms with Crippen molar-refractivity contribution in [2.75, 3.05) is 11.9 Å². The second-order valence-corrected chi connectivity index (χ2v) is 6.88. The van der Waals surface area contributed by atoms with Gasteiger partial charge in [-0.05, 0) is 30.7 Å². The monoisotopic (exact) mass is 428 g/mol. The molecule has 7 nitrogen and oxygen atoms in total. The van der Waals surface area contributed by atoms with Crippen LogP contribution in [0.3, 0.4) is 0 Å². The lowest BCUT2D eigenvalue weighted by atomic mass is 10.1. The summed E-state index contributed by atoms with van der Waals surface area (Å²) >= 11 is 3.37. The number of halogens is 1. The molecule has 3 N–H and O–H groups in total. The van der Waals surface area contributed by atoms with Gasteiger partial charge in [-0.2, -0.15) is 5.10 Å². The number of carbonyl (C=O) groups is 2. The molecule has 0 fully saturated rings. The highest BCUT2D eigenvalue weighted by atomic mass is 79.9. The number of aromatic amines is 1. The number of aromatic nitrogens is 2. The number of amides is 2. The zero-order valence-corrected chi connectivity index (χ0v) is 16.1. The number of carbonyl (C=O) groups excluding carboxylic acids is 2. The van der Waals surface area contributed by atoms with Gasteiger partial charge in [0.1, 0.15) is 0 Å². The van der Waals surface area contributed by atoms with E-state index in [0.717, 1.165) is 10.0 Å². The fourth-order valence-corrected chi connectivity index (χ4v) is 2.96. The zero-order valence-electron chi connectivity index (χ0n) is 14.5. The van der Waals surface area contributed by atoms with E-state index < -0.39 is 5.91 Å². The minimum absolute atomic E-state index is 0.110. The molecule has 138 valence electrons. The number of rotatable bonds is 5. The van der Waals surface area contributed by atoms with Gasteiger partial charge in [-0.3, -0.25) is 14.4 Å². The lowest BCUT2D eigenvalue weighted by molar-refractivity contribution is -0.116. The third kappa shape index (κ3) is 4.40. The van der Waals surface area contributed by atoms with Crippen LogP contribution in [0.2, 0.25) is 0 Å². The number of aryl methyl sites for hydroxylation is 1. The van der Waals surface area contributed by atoms with Crippen LogP contribution in [0.1, 0.15) is 22.5 Å². The van der Waals surface area contributed by atoms with Crippen molar-refractivity contribution in [3.8, 4) is 0 Å². The highest BCUT2D eigenvalue weighted by Crippen LogP contribution is 2.20. The average molecular weight is 429 g/mol. The number of hydrogen-bond donors (Lipinski definition) is 3. The number of hydrogen-bond acceptors (Lipinski definition) is 4. The van der Waals surface area contributed by atoms with Gasteiger partial charge in [0.25, 0.3) is 11.5 Å². The number of H-pyrrole nitrogens is 1. The fraction of sp³-hybridized carbons (Fsp3) is 0.158. The topological polar surface area (TPSA) is 104 Å². The van der Waals surface area contributed by atoms with Crippen LogP contribution in [0.5, 0.6) is 0 Å². The van der Waals surface area contributed by atoms with Crippen molar-refractivity contribution in [3.63, 3.8) is 0 Å². The Morgan fingerprint density at radius 3 is 2.67 bits per heavy atom. The van der Waals surface area contributed by atoms with E-state index in [4.69, 9.17) is 0 Å². The molecule has 2 amide bonds. The van der Waals surface area contributed by atoms with Gasteiger partial charge in [0, 0.05) is 28.5 Å². The molecule has 3 aromatic rings. The second kappa shape index (κ2) is 8.13. The summed E-state index contributed by atoms with van der Waals surface area (Å²) in [6.07, 6.45) is 0.110. The summed E-state index contributed by atoms with van der Waals surface area (Å²) in [5.41, 5.74) is 1.42. The van der Waals surface area contributed by atoms with Crippen molar-refractivity contribution >= 4 is 44.2 Å². The van der Waals surface area contributed by atoms with Gasteiger partial charge >= 0.3 is 0 Å². The molecule has 0 saturated heterocycles. The van der Waals surface area contributed by atoms with Crippen LogP contribution in [-0.2, 0) is 4.79 Å². The normalized spacial score (nSPS) is 10.6. The SMILES string of the molecule is Cc1ccc(Br)cc1NC(=O)CCNC(=O)c1n[nH]c(=O)c2ccccc12. The van der Waals surface area contributed by atoms with E-state index in [0.29, 0.717) is 16.5 Å². The number of benzene rings is 2. The first-order chi connectivity index (χ1) is 13.0. The minimum atomic E-state index is -0.450. The van der Waals surface area contributed by atoms with Gasteiger partial charge in [-0.15, -0.1) is 0 Å². The molecule has 1 heterocycles. The largest absolute Gasteiger partial charge is 0.350 e. The van der Waals surface area contributed by atoms with Crippen molar-refractivity contribution < 1.29 is 9.59 Å². The van der Waals surface area contributed by atoms with Crippen LogP contribution in [0, 0.1) is 6.92 Å². The summed E-state index contributed by atoms with van der Waals surface area (Å²) in [4.78, 5) is 36.3. The Morgan fingerprint density at radius 2 is 1.89 bits per heavy atom. The van der Waals surface area contributed by atoms with E-state index in [1.807, 2.05) is 25.1 Å². The molecule has 0 atom stereocenters. The zero-order chi connectivity index (χ0) is 19.4. The number of fused-ring (bicyclic) bond motifs is 1. The Balaban J connectivity index is 1.62.